The lowest BCUT2D eigenvalue weighted by atomic mass is 10.2. The number of halogens is 2. The van der Waals surface area contributed by atoms with Crippen LogP contribution in [0.5, 0.6) is 0 Å². The predicted octanol–water partition coefficient (Wildman–Crippen LogP) is 0.462. The summed E-state index contributed by atoms with van der Waals surface area (Å²) in [5.74, 6) is -1.03. The Kier molecular flexibility index (Phi) is 3.59. The lowest BCUT2D eigenvalue weighted by Crippen LogP contribution is -2.43. The van der Waals surface area contributed by atoms with E-state index in [2.05, 4.69) is 5.32 Å². The third-order valence-electron chi connectivity index (χ3n) is 2.29. The monoisotopic (exact) mass is 192 g/mol. The van der Waals surface area contributed by atoms with Crippen molar-refractivity contribution in [3.63, 3.8) is 0 Å². The number of likely N-dealkylation sites (N-methyl/N-ethyl adjacent to an activating group) is 1. The minimum atomic E-state index is -2.86. The molecule has 0 aliphatic carbocycles. The van der Waals surface area contributed by atoms with Gasteiger partial charge in [0.15, 0.2) is 0 Å². The van der Waals surface area contributed by atoms with Gasteiger partial charge in [-0.3, -0.25) is 4.79 Å². The third kappa shape index (κ3) is 2.37. The molecule has 1 rings (SSSR count). The Labute approximate surface area is 76.1 Å². The van der Waals surface area contributed by atoms with E-state index >= 15 is 0 Å². The topological polar surface area (TPSA) is 32.3 Å². The molecule has 1 amide bonds. The van der Waals surface area contributed by atoms with Gasteiger partial charge in [0.25, 0.3) is 5.91 Å². The first-order valence-corrected chi connectivity index (χ1v) is 4.40. The van der Waals surface area contributed by atoms with Gasteiger partial charge in [-0.25, -0.2) is 0 Å². The summed E-state index contributed by atoms with van der Waals surface area (Å²) in [7, 11) is 1.75. The van der Waals surface area contributed by atoms with E-state index in [4.69, 9.17) is 0 Å². The van der Waals surface area contributed by atoms with Crippen LogP contribution in [-0.2, 0) is 4.79 Å². The van der Waals surface area contributed by atoms with Crippen LogP contribution in [-0.4, -0.2) is 43.4 Å². The van der Waals surface area contributed by atoms with Crippen LogP contribution in [0.25, 0.3) is 0 Å². The van der Waals surface area contributed by atoms with Gasteiger partial charge in [0.1, 0.15) is 0 Å². The lowest BCUT2D eigenvalue weighted by molar-refractivity contribution is -0.143. The van der Waals surface area contributed by atoms with Gasteiger partial charge in [-0.05, 0) is 19.9 Å². The Hall–Kier alpha value is -0.710. The Bertz CT molecular complexity index is 187. The van der Waals surface area contributed by atoms with Gasteiger partial charge < -0.3 is 10.2 Å². The summed E-state index contributed by atoms with van der Waals surface area (Å²) >= 11 is 0. The summed E-state index contributed by atoms with van der Waals surface area (Å²) in [6, 6.07) is -0.0495. The number of carbonyl (C=O) groups excluding carboxylic acids is 1. The van der Waals surface area contributed by atoms with Crippen molar-refractivity contribution < 1.29 is 13.6 Å². The van der Waals surface area contributed by atoms with E-state index in [-0.39, 0.29) is 6.04 Å². The smallest absolute Gasteiger partial charge is 0.315 e. The first-order chi connectivity index (χ1) is 6.16. The van der Waals surface area contributed by atoms with Gasteiger partial charge in [0.2, 0.25) is 0 Å². The van der Waals surface area contributed by atoms with E-state index in [1.807, 2.05) is 0 Å². The maximum atomic E-state index is 12.1. The third-order valence-corrected chi connectivity index (χ3v) is 2.29. The summed E-state index contributed by atoms with van der Waals surface area (Å²) in [4.78, 5) is 12.3. The number of hydrogen-bond donors (Lipinski definition) is 1. The van der Waals surface area contributed by atoms with Gasteiger partial charge in [0, 0.05) is 19.1 Å². The molecule has 1 unspecified atom stereocenters. The number of likely N-dealkylation sites (tertiary alicyclic amines) is 1. The standard InChI is InChI=1S/C8H14F2N2O/c1-11-5-6-3-2-4-12(6)8(13)7(9)10/h6-7,11H,2-5H2,1H3. The molecule has 1 aliphatic heterocycles. The number of carbonyl (C=O) groups is 1. The molecule has 0 bridgehead atoms. The second kappa shape index (κ2) is 4.50. The molecule has 76 valence electrons. The number of rotatable bonds is 3. The van der Waals surface area contributed by atoms with E-state index < -0.39 is 12.3 Å². The molecule has 0 saturated carbocycles. The molecule has 0 aromatic carbocycles. The van der Waals surface area contributed by atoms with Crippen molar-refractivity contribution >= 4 is 5.91 Å². The maximum absolute atomic E-state index is 12.1. The Morgan fingerprint density at radius 1 is 1.69 bits per heavy atom. The normalized spacial score (nSPS) is 22.8. The Morgan fingerprint density at radius 3 is 2.92 bits per heavy atom. The Balaban J connectivity index is 2.52. The first kappa shape index (κ1) is 10.4. The molecule has 0 radical (unpaired) electrons. The van der Waals surface area contributed by atoms with Crippen molar-refractivity contribution in [2.24, 2.45) is 0 Å². The quantitative estimate of drug-likeness (QED) is 0.704. The number of amides is 1. The van der Waals surface area contributed by atoms with Crippen molar-refractivity contribution in [2.45, 2.75) is 25.3 Å². The predicted molar refractivity (Wildman–Crippen MR) is 44.7 cm³/mol. The summed E-state index contributed by atoms with van der Waals surface area (Å²) in [6.45, 7) is 1.06. The van der Waals surface area contributed by atoms with Gasteiger partial charge in [0.05, 0.1) is 0 Å². The van der Waals surface area contributed by atoms with Gasteiger partial charge in [-0.15, -0.1) is 0 Å². The fourth-order valence-electron chi connectivity index (χ4n) is 1.70. The van der Waals surface area contributed by atoms with E-state index in [0.29, 0.717) is 13.1 Å². The summed E-state index contributed by atoms with van der Waals surface area (Å²) in [6.07, 6.45) is -1.22. The van der Waals surface area contributed by atoms with Crippen molar-refractivity contribution in [3.05, 3.63) is 0 Å². The zero-order valence-corrected chi connectivity index (χ0v) is 7.59. The fraction of sp³-hybridized carbons (Fsp3) is 0.875. The van der Waals surface area contributed by atoms with Crippen molar-refractivity contribution in [1.29, 1.82) is 0 Å². The zero-order valence-electron chi connectivity index (χ0n) is 7.59. The highest BCUT2D eigenvalue weighted by atomic mass is 19.3. The highest BCUT2D eigenvalue weighted by Gasteiger charge is 2.32. The average Bonchev–Trinajstić information content (AvgIpc) is 2.52. The fourth-order valence-corrected chi connectivity index (χ4v) is 1.70. The molecule has 13 heavy (non-hydrogen) atoms. The van der Waals surface area contributed by atoms with E-state index in [1.165, 1.54) is 4.90 Å². The Morgan fingerprint density at radius 2 is 2.38 bits per heavy atom. The highest BCUT2D eigenvalue weighted by Crippen LogP contribution is 2.18. The van der Waals surface area contributed by atoms with Crippen LogP contribution in [0.4, 0.5) is 8.78 Å². The molecule has 0 spiro atoms. The largest absolute Gasteiger partial charge is 0.333 e. The molecular formula is C8H14F2N2O. The minimum Gasteiger partial charge on any atom is -0.333 e. The molecule has 0 aromatic rings. The molecular weight excluding hydrogens is 178 g/mol. The van der Waals surface area contributed by atoms with Crippen LogP contribution in [0, 0.1) is 0 Å². The summed E-state index contributed by atoms with van der Waals surface area (Å²) in [5.41, 5.74) is 0. The van der Waals surface area contributed by atoms with E-state index in [0.717, 1.165) is 12.8 Å². The zero-order chi connectivity index (χ0) is 9.84. The van der Waals surface area contributed by atoms with Gasteiger partial charge >= 0.3 is 6.43 Å². The molecule has 1 aliphatic rings. The second-order valence-electron chi connectivity index (χ2n) is 3.19. The van der Waals surface area contributed by atoms with Crippen LogP contribution in [0.1, 0.15) is 12.8 Å². The highest BCUT2D eigenvalue weighted by molar-refractivity contribution is 5.79. The van der Waals surface area contributed by atoms with Crippen LogP contribution < -0.4 is 5.32 Å². The van der Waals surface area contributed by atoms with Crippen molar-refractivity contribution in [3.8, 4) is 0 Å². The maximum Gasteiger partial charge on any atom is 0.315 e. The van der Waals surface area contributed by atoms with E-state index in [9.17, 15) is 13.6 Å². The number of hydrogen-bond acceptors (Lipinski definition) is 2. The summed E-state index contributed by atoms with van der Waals surface area (Å²) in [5, 5.41) is 2.89. The van der Waals surface area contributed by atoms with Crippen LogP contribution in [0.2, 0.25) is 0 Å². The van der Waals surface area contributed by atoms with Crippen LogP contribution in [0.3, 0.4) is 0 Å². The second-order valence-corrected chi connectivity index (χ2v) is 3.19. The van der Waals surface area contributed by atoms with Gasteiger partial charge in [-0.2, -0.15) is 8.78 Å². The molecule has 5 heteroatoms. The summed E-state index contributed by atoms with van der Waals surface area (Å²) < 4.78 is 24.2. The molecule has 1 atom stereocenters. The van der Waals surface area contributed by atoms with Crippen molar-refractivity contribution in [1.82, 2.24) is 10.2 Å². The average molecular weight is 192 g/mol. The molecule has 1 heterocycles. The van der Waals surface area contributed by atoms with Crippen molar-refractivity contribution in [2.75, 3.05) is 20.1 Å². The van der Waals surface area contributed by atoms with Crippen LogP contribution in [0.15, 0.2) is 0 Å². The number of nitrogens with zero attached hydrogens (tertiary/aromatic N) is 1. The van der Waals surface area contributed by atoms with Crippen LogP contribution >= 0.6 is 0 Å². The SMILES string of the molecule is CNCC1CCCN1C(=O)C(F)F. The van der Waals surface area contributed by atoms with E-state index in [1.54, 1.807) is 7.05 Å². The van der Waals surface area contributed by atoms with Gasteiger partial charge in [-0.1, -0.05) is 0 Å². The molecule has 3 nitrogen and oxygen atoms in total. The molecule has 1 saturated heterocycles. The molecule has 1 N–H and O–H groups in total. The minimum absolute atomic E-state index is 0.0495. The lowest BCUT2D eigenvalue weighted by Gasteiger charge is -2.23. The number of nitrogens with one attached hydrogen (secondary N) is 1. The number of alkyl halides is 2. The molecule has 0 aromatic heterocycles. The molecule has 1 fully saturated rings. The first-order valence-electron chi connectivity index (χ1n) is 4.40.